The fourth-order valence-electron chi connectivity index (χ4n) is 1.22. The molecule has 0 aliphatic carbocycles. The largest absolute Gasteiger partial charge is 0.425 e. The molecule has 0 aromatic heterocycles. The number of thioether (sulfide) groups is 1. The maximum atomic E-state index is 11.8. The molecule has 0 aliphatic heterocycles. The van der Waals surface area contributed by atoms with Gasteiger partial charge in [0.1, 0.15) is 0 Å². The van der Waals surface area contributed by atoms with Crippen molar-refractivity contribution in [3.8, 4) is 0 Å². The van der Waals surface area contributed by atoms with Gasteiger partial charge >= 0.3 is 6.18 Å². The van der Waals surface area contributed by atoms with Gasteiger partial charge < -0.3 is 4.84 Å². The summed E-state index contributed by atoms with van der Waals surface area (Å²) in [4.78, 5) is 5.26. The molecule has 1 aromatic carbocycles. The van der Waals surface area contributed by atoms with E-state index in [0.29, 0.717) is 0 Å². The minimum Gasteiger partial charge on any atom is -0.386 e. The third-order valence-electron chi connectivity index (χ3n) is 2.02. The van der Waals surface area contributed by atoms with E-state index in [1.807, 2.05) is 26.0 Å². The molecule has 6 heteroatoms. The van der Waals surface area contributed by atoms with Gasteiger partial charge in [0.15, 0.2) is 0 Å². The molecule has 0 spiro atoms. The first-order chi connectivity index (χ1) is 8.42. The number of hydrogen-bond acceptors (Lipinski definition) is 3. The molecule has 0 atom stereocenters. The zero-order valence-electron chi connectivity index (χ0n) is 10.1. The van der Waals surface area contributed by atoms with Crippen molar-refractivity contribution in [2.75, 3.05) is 12.4 Å². The van der Waals surface area contributed by atoms with Gasteiger partial charge in [0.05, 0.1) is 6.21 Å². The zero-order chi connectivity index (χ0) is 13.6. The summed E-state index contributed by atoms with van der Waals surface area (Å²) in [6.07, 6.45) is -3.07. The summed E-state index contributed by atoms with van der Waals surface area (Å²) in [5.74, 6) is 0.937. The van der Waals surface area contributed by atoms with Crippen molar-refractivity contribution in [3.05, 3.63) is 29.3 Å². The second-order valence-corrected chi connectivity index (χ2v) is 4.89. The number of rotatable bonds is 5. The molecule has 0 aliphatic rings. The van der Waals surface area contributed by atoms with Crippen LogP contribution in [0.25, 0.3) is 0 Å². The average molecular weight is 277 g/mol. The Kier molecular flexibility index (Phi) is 5.53. The van der Waals surface area contributed by atoms with Gasteiger partial charge in [-0.3, -0.25) is 0 Å². The van der Waals surface area contributed by atoms with Crippen LogP contribution in [0.15, 0.2) is 28.3 Å². The van der Waals surface area contributed by atoms with Crippen molar-refractivity contribution in [2.45, 2.75) is 24.9 Å². The monoisotopic (exact) mass is 277 g/mol. The molecular weight excluding hydrogens is 263 g/mol. The Morgan fingerprint density at radius 1 is 1.39 bits per heavy atom. The van der Waals surface area contributed by atoms with E-state index in [1.54, 1.807) is 17.8 Å². The number of halogens is 3. The Bertz CT molecular complexity index is 418. The van der Waals surface area contributed by atoms with Crippen molar-refractivity contribution in [1.29, 1.82) is 0 Å². The van der Waals surface area contributed by atoms with Crippen LogP contribution in [0.3, 0.4) is 0 Å². The molecule has 2 nitrogen and oxygen atoms in total. The number of hydrogen-bond donors (Lipinski definition) is 0. The summed E-state index contributed by atoms with van der Waals surface area (Å²) in [7, 11) is 0. The van der Waals surface area contributed by atoms with E-state index >= 15 is 0 Å². The van der Waals surface area contributed by atoms with Crippen molar-refractivity contribution in [1.82, 2.24) is 0 Å². The van der Waals surface area contributed by atoms with E-state index in [0.717, 1.165) is 21.8 Å². The van der Waals surface area contributed by atoms with E-state index in [1.165, 1.54) is 6.21 Å². The number of nitrogens with zero attached hydrogens (tertiary/aromatic N) is 1. The second-order valence-electron chi connectivity index (χ2n) is 3.58. The van der Waals surface area contributed by atoms with Gasteiger partial charge in [-0.25, -0.2) is 0 Å². The Balaban J connectivity index is 2.62. The molecule has 0 saturated carbocycles. The summed E-state index contributed by atoms with van der Waals surface area (Å²) in [5, 5.41) is 3.30. The molecule has 0 N–H and O–H groups in total. The van der Waals surface area contributed by atoms with Crippen LogP contribution in [0.1, 0.15) is 18.1 Å². The van der Waals surface area contributed by atoms with Crippen LogP contribution in [0.4, 0.5) is 13.2 Å². The predicted molar refractivity (Wildman–Crippen MR) is 67.2 cm³/mol. The molecule has 100 valence electrons. The second kappa shape index (κ2) is 6.68. The van der Waals surface area contributed by atoms with E-state index in [-0.39, 0.29) is 0 Å². The minimum absolute atomic E-state index is 0.721. The lowest BCUT2D eigenvalue weighted by Crippen LogP contribution is -2.14. The molecule has 18 heavy (non-hydrogen) atoms. The first kappa shape index (κ1) is 14.9. The van der Waals surface area contributed by atoms with Crippen LogP contribution >= 0.6 is 11.8 Å². The van der Waals surface area contributed by atoms with Gasteiger partial charge in [0, 0.05) is 4.90 Å². The lowest BCUT2D eigenvalue weighted by atomic mass is 10.2. The Hall–Kier alpha value is -1.17. The third kappa shape index (κ3) is 5.44. The topological polar surface area (TPSA) is 21.6 Å². The third-order valence-corrected chi connectivity index (χ3v) is 3.06. The summed E-state index contributed by atoms with van der Waals surface area (Å²) < 4.78 is 35.4. The number of alkyl halides is 3. The summed E-state index contributed by atoms with van der Waals surface area (Å²) in [6, 6.07) is 5.57. The first-order valence-corrected chi connectivity index (χ1v) is 6.36. The van der Waals surface area contributed by atoms with Crippen LogP contribution in [0.5, 0.6) is 0 Å². The molecule has 0 amide bonds. The average Bonchev–Trinajstić information content (AvgIpc) is 2.28. The van der Waals surface area contributed by atoms with Crippen LogP contribution < -0.4 is 0 Å². The zero-order valence-corrected chi connectivity index (χ0v) is 10.9. The van der Waals surface area contributed by atoms with E-state index in [9.17, 15) is 13.2 Å². The fourth-order valence-corrected chi connectivity index (χ4v) is 2.04. The Morgan fingerprint density at radius 3 is 2.72 bits per heavy atom. The molecule has 0 heterocycles. The van der Waals surface area contributed by atoms with E-state index < -0.39 is 12.8 Å². The van der Waals surface area contributed by atoms with Gasteiger partial charge in [0.2, 0.25) is 6.61 Å². The number of oxime groups is 1. The molecule has 0 unspecified atom stereocenters. The van der Waals surface area contributed by atoms with Crippen molar-refractivity contribution >= 4 is 18.0 Å². The van der Waals surface area contributed by atoms with Crippen molar-refractivity contribution < 1.29 is 18.0 Å². The molecule has 0 saturated heterocycles. The molecule has 0 radical (unpaired) electrons. The molecule has 1 aromatic rings. The standard InChI is InChI=1S/C12H14F3NOS/c1-3-18-11-6-10(5-4-9(11)2)7-16-17-8-12(13,14)15/h4-7H,3,8H2,1-2H3/b16-7+. The highest BCUT2D eigenvalue weighted by molar-refractivity contribution is 7.99. The number of aryl methyl sites for hydroxylation is 1. The fraction of sp³-hybridized carbons (Fsp3) is 0.417. The van der Waals surface area contributed by atoms with E-state index in [4.69, 9.17) is 0 Å². The number of benzene rings is 1. The normalized spacial score (nSPS) is 12.1. The maximum Gasteiger partial charge on any atom is 0.425 e. The highest BCUT2D eigenvalue weighted by atomic mass is 32.2. The van der Waals surface area contributed by atoms with Crippen LogP contribution in [0, 0.1) is 6.92 Å². The van der Waals surface area contributed by atoms with Gasteiger partial charge in [-0.2, -0.15) is 13.2 Å². The lowest BCUT2D eigenvalue weighted by Gasteiger charge is -2.05. The highest BCUT2D eigenvalue weighted by Crippen LogP contribution is 2.22. The molecule has 0 fully saturated rings. The van der Waals surface area contributed by atoms with E-state index in [2.05, 4.69) is 9.99 Å². The predicted octanol–water partition coefficient (Wildman–Crippen LogP) is 4.02. The SMILES string of the molecule is CCSc1cc(/C=N/OCC(F)(F)F)ccc1C. The van der Waals surface area contributed by atoms with Gasteiger partial charge in [-0.05, 0) is 29.9 Å². The summed E-state index contributed by atoms with van der Waals surface area (Å²) in [6.45, 7) is 2.66. The molecular formula is C12H14F3NOS. The minimum atomic E-state index is -4.35. The summed E-state index contributed by atoms with van der Waals surface area (Å²) >= 11 is 1.68. The first-order valence-electron chi connectivity index (χ1n) is 5.38. The van der Waals surface area contributed by atoms with Crippen LogP contribution in [-0.2, 0) is 4.84 Å². The van der Waals surface area contributed by atoms with Gasteiger partial charge in [-0.1, -0.05) is 24.2 Å². The Morgan fingerprint density at radius 2 is 2.11 bits per heavy atom. The van der Waals surface area contributed by atoms with Crippen LogP contribution in [0.2, 0.25) is 0 Å². The van der Waals surface area contributed by atoms with Crippen LogP contribution in [-0.4, -0.2) is 24.8 Å². The smallest absolute Gasteiger partial charge is 0.386 e. The molecule has 1 rings (SSSR count). The Labute approximate surface area is 108 Å². The van der Waals surface area contributed by atoms with Gasteiger partial charge in [0.25, 0.3) is 0 Å². The van der Waals surface area contributed by atoms with Crippen molar-refractivity contribution in [3.63, 3.8) is 0 Å². The van der Waals surface area contributed by atoms with Crippen molar-refractivity contribution in [2.24, 2.45) is 5.16 Å². The highest BCUT2D eigenvalue weighted by Gasteiger charge is 2.28. The molecule has 0 bridgehead atoms. The van der Waals surface area contributed by atoms with Gasteiger partial charge in [-0.15, -0.1) is 11.8 Å². The lowest BCUT2D eigenvalue weighted by molar-refractivity contribution is -0.173. The quantitative estimate of drug-likeness (QED) is 0.460. The maximum absolute atomic E-state index is 11.8. The summed E-state index contributed by atoms with van der Waals surface area (Å²) in [5.41, 5.74) is 1.86.